The van der Waals surface area contributed by atoms with E-state index in [1.165, 1.54) is 16.4 Å². The molecular formula is C28H24Cl2N2O3S. The molecule has 184 valence electrons. The molecule has 1 aliphatic heterocycles. The molecule has 2 atom stereocenters. The molecule has 1 aliphatic rings. The minimum absolute atomic E-state index is 0.0658. The zero-order valence-electron chi connectivity index (χ0n) is 19.2. The van der Waals surface area contributed by atoms with E-state index in [1.54, 1.807) is 36.4 Å². The van der Waals surface area contributed by atoms with E-state index in [1.807, 2.05) is 53.6 Å². The number of anilines is 2. The smallest absolute Gasteiger partial charge is 0.264 e. The van der Waals surface area contributed by atoms with Gasteiger partial charge in [-0.2, -0.15) is 0 Å². The monoisotopic (exact) mass is 538 g/mol. The fraction of sp³-hybridized carbons (Fsp3) is 0.143. The number of rotatable bonds is 7. The van der Waals surface area contributed by atoms with Gasteiger partial charge in [0.25, 0.3) is 10.0 Å². The highest BCUT2D eigenvalue weighted by Gasteiger charge is 2.38. The molecular weight excluding hydrogens is 515 g/mol. The third-order valence-corrected chi connectivity index (χ3v) is 8.42. The summed E-state index contributed by atoms with van der Waals surface area (Å²) in [6.45, 7) is 0.124. The molecule has 5 rings (SSSR count). The Balaban J connectivity index is 1.50. The Hall–Kier alpha value is -3.03. The minimum atomic E-state index is -3.90. The number of benzene rings is 4. The highest BCUT2D eigenvalue weighted by molar-refractivity contribution is 7.92. The maximum atomic E-state index is 13.8. The molecule has 36 heavy (non-hydrogen) atoms. The van der Waals surface area contributed by atoms with Crippen molar-refractivity contribution in [3.8, 4) is 0 Å². The van der Waals surface area contributed by atoms with Gasteiger partial charge in [-0.05, 0) is 66.2 Å². The van der Waals surface area contributed by atoms with Crippen LogP contribution in [-0.4, -0.2) is 21.1 Å². The second kappa shape index (κ2) is 10.5. The van der Waals surface area contributed by atoms with Crippen LogP contribution in [0.4, 0.5) is 11.4 Å². The number of hydrogen-bond acceptors (Lipinski definition) is 4. The van der Waals surface area contributed by atoms with Gasteiger partial charge in [-0.3, -0.25) is 9.14 Å². The van der Waals surface area contributed by atoms with Crippen molar-refractivity contribution < 1.29 is 13.3 Å². The minimum Gasteiger partial charge on any atom is -0.268 e. The van der Waals surface area contributed by atoms with E-state index in [0.29, 0.717) is 22.2 Å². The normalized spacial score (nSPS) is 17.8. The van der Waals surface area contributed by atoms with Crippen LogP contribution in [0.25, 0.3) is 0 Å². The summed E-state index contributed by atoms with van der Waals surface area (Å²) in [5.41, 5.74) is 2.52. The van der Waals surface area contributed by atoms with Crippen molar-refractivity contribution in [3.63, 3.8) is 0 Å². The van der Waals surface area contributed by atoms with Crippen molar-refractivity contribution in [2.45, 2.75) is 23.5 Å². The van der Waals surface area contributed by atoms with Gasteiger partial charge in [0.05, 0.1) is 28.9 Å². The number of hydrogen-bond donors (Lipinski definition) is 0. The predicted octanol–water partition coefficient (Wildman–Crippen LogP) is 7.14. The van der Waals surface area contributed by atoms with Gasteiger partial charge in [-0.15, -0.1) is 0 Å². The van der Waals surface area contributed by atoms with Crippen LogP contribution in [0.5, 0.6) is 0 Å². The quantitative estimate of drug-likeness (QED) is 0.251. The van der Waals surface area contributed by atoms with Gasteiger partial charge in [0.1, 0.15) is 6.10 Å². The molecule has 0 unspecified atom stereocenters. The molecule has 0 aromatic heterocycles. The van der Waals surface area contributed by atoms with Crippen LogP contribution >= 0.6 is 23.2 Å². The number of para-hydroxylation sites is 1. The van der Waals surface area contributed by atoms with Gasteiger partial charge in [-0.25, -0.2) is 13.5 Å². The Morgan fingerprint density at radius 2 is 1.33 bits per heavy atom. The highest BCUT2D eigenvalue weighted by atomic mass is 35.5. The first-order valence-electron chi connectivity index (χ1n) is 11.5. The van der Waals surface area contributed by atoms with Crippen molar-refractivity contribution in [1.82, 2.24) is 0 Å². The summed E-state index contributed by atoms with van der Waals surface area (Å²) in [6, 6.07) is 32.8. The topological polar surface area (TPSA) is 49.9 Å². The fourth-order valence-corrected chi connectivity index (χ4v) is 6.11. The first kappa shape index (κ1) is 24.7. The summed E-state index contributed by atoms with van der Waals surface area (Å²) < 4.78 is 29.0. The molecule has 0 amide bonds. The molecule has 1 heterocycles. The molecule has 0 aliphatic carbocycles. The summed E-state index contributed by atoms with van der Waals surface area (Å²) in [5.74, 6) is 0. The highest BCUT2D eigenvalue weighted by Crippen LogP contribution is 2.39. The van der Waals surface area contributed by atoms with Crippen molar-refractivity contribution in [3.05, 3.63) is 125 Å². The maximum Gasteiger partial charge on any atom is 0.264 e. The molecule has 1 saturated heterocycles. The third kappa shape index (κ3) is 5.22. The van der Waals surface area contributed by atoms with Gasteiger partial charge in [-0.1, -0.05) is 71.7 Å². The molecule has 4 aromatic rings. The predicted molar refractivity (Wildman–Crippen MR) is 145 cm³/mol. The third-order valence-electron chi connectivity index (χ3n) is 6.11. The Morgan fingerprint density at radius 1 is 0.778 bits per heavy atom. The summed E-state index contributed by atoms with van der Waals surface area (Å²) in [7, 11) is -3.90. The zero-order chi connectivity index (χ0) is 25.1. The Labute approximate surface area is 221 Å². The number of sulfonamides is 1. The molecule has 0 bridgehead atoms. The molecule has 0 N–H and O–H groups in total. The molecule has 5 nitrogen and oxygen atoms in total. The molecule has 4 aromatic carbocycles. The lowest BCUT2D eigenvalue weighted by Gasteiger charge is -2.28. The van der Waals surface area contributed by atoms with Gasteiger partial charge < -0.3 is 0 Å². The second-order valence-corrected chi connectivity index (χ2v) is 11.3. The SMILES string of the molecule is O=S(=O)(c1ccc(Cl)cc1)N(C[C@@H]1C[C@H](c2ccccc2)N(c2ccccc2)O1)c1ccc(Cl)cc1. The molecule has 0 spiro atoms. The first-order valence-corrected chi connectivity index (χ1v) is 13.7. The number of nitrogens with zero attached hydrogens (tertiary/aromatic N) is 2. The molecule has 0 radical (unpaired) electrons. The molecule has 0 saturated carbocycles. The summed E-state index contributed by atoms with van der Waals surface area (Å²) >= 11 is 12.1. The number of halogens is 2. The average molecular weight is 539 g/mol. The van der Waals surface area contributed by atoms with Crippen molar-refractivity contribution in [1.29, 1.82) is 0 Å². The van der Waals surface area contributed by atoms with E-state index in [2.05, 4.69) is 12.1 Å². The van der Waals surface area contributed by atoms with Crippen LogP contribution in [-0.2, 0) is 14.9 Å². The van der Waals surface area contributed by atoms with Crippen molar-refractivity contribution >= 4 is 44.6 Å². The summed E-state index contributed by atoms with van der Waals surface area (Å²) in [4.78, 5) is 6.57. The zero-order valence-corrected chi connectivity index (χ0v) is 21.6. The van der Waals surface area contributed by atoms with Gasteiger partial charge >= 0.3 is 0 Å². The van der Waals surface area contributed by atoms with E-state index in [-0.39, 0.29) is 17.5 Å². The van der Waals surface area contributed by atoms with E-state index in [0.717, 1.165) is 11.3 Å². The van der Waals surface area contributed by atoms with E-state index in [4.69, 9.17) is 28.0 Å². The summed E-state index contributed by atoms with van der Waals surface area (Å²) in [6.07, 6.45) is 0.215. The van der Waals surface area contributed by atoms with Crippen LogP contribution in [0.3, 0.4) is 0 Å². The fourth-order valence-electron chi connectivity index (χ4n) is 4.36. The van der Waals surface area contributed by atoms with Crippen molar-refractivity contribution in [2.75, 3.05) is 15.9 Å². The first-order chi connectivity index (χ1) is 17.4. The van der Waals surface area contributed by atoms with Crippen LogP contribution in [0, 0.1) is 0 Å². The van der Waals surface area contributed by atoms with Crippen LogP contribution in [0.1, 0.15) is 18.0 Å². The van der Waals surface area contributed by atoms with Crippen LogP contribution < -0.4 is 9.37 Å². The molecule has 8 heteroatoms. The van der Waals surface area contributed by atoms with E-state index in [9.17, 15) is 8.42 Å². The van der Waals surface area contributed by atoms with Gasteiger partial charge in [0.15, 0.2) is 0 Å². The van der Waals surface area contributed by atoms with E-state index >= 15 is 0 Å². The Kier molecular flexibility index (Phi) is 7.21. The van der Waals surface area contributed by atoms with Gasteiger partial charge in [0.2, 0.25) is 0 Å². The number of hydroxylamine groups is 1. The largest absolute Gasteiger partial charge is 0.268 e. The Bertz CT molecular complexity index is 1350. The summed E-state index contributed by atoms with van der Waals surface area (Å²) in [5, 5.41) is 2.88. The van der Waals surface area contributed by atoms with Crippen LogP contribution in [0.2, 0.25) is 10.0 Å². The standard InChI is InChI=1S/C28H24Cl2N2O3S/c29-22-11-15-24(16-12-22)31(36(33,34)27-17-13-23(30)14-18-27)20-26-19-28(21-7-3-1-4-8-21)32(35-26)25-9-5-2-6-10-25/h1-18,26,28H,19-20H2/t26-,28+/m0/s1. The van der Waals surface area contributed by atoms with Gasteiger partial charge in [0, 0.05) is 16.5 Å². The Morgan fingerprint density at radius 3 is 1.94 bits per heavy atom. The van der Waals surface area contributed by atoms with E-state index < -0.39 is 16.1 Å². The lowest BCUT2D eigenvalue weighted by atomic mass is 10.0. The maximum absolute atomic E-state index is 13.8. The molecule has 1 fully saturated rings. The van der Waals surface area contributed by atoms with Crippen LogP contribution in [0.15, 0.2) is 114 Å². The lowest BCUT2D eigenvalue weighted by Crippen LogP contribution is -2.38. The van der Waals surface area contributed by atoms with Crippen molar-refractivity contribution in [2.24, 2.45) is 0 Å². The lowest BCUT2D eigenvalue weighted by molar-refractivity contribution is 0.0898. The average Bonchev–Trinajstić information content (AvgIpc) is 3.33. The second-order valence-electron chi connectivity index (χ2n) is 8.52.